The normalized spacial score (nSPS) is 13.8. The molecule has 0 N–H and O–H groups in total. The zero-order valence-electron chi connectivity index (χ0n) is 28.6. The summed E-state index contributed by atoms with van der Waals surface area (Å²) in [6.07, 6.45) is 0. The third kappa shape index (κ3) is 3.23. The number of para-hydroxylation sites is 2. The SMILES string of the molecule is c1ccc2c(c1)-c1ccccc1C21c2ccccc2-c2ccc(-n3c4ccccc4c4ccc5c6c7ccccc7oc6c6ccccc6c5c43)cc21. The summed E-state index contributed by atoms with van der Waals surface area (Å²) in [6, 6.07) is 65.2. The largest absolute Gasteiger partial charge is 0.455 e. The number of furan rings is 1. The Morgan fingerprint density at radius 2 is 0.925 bits per heavy atom. The van der Waals surface area contributed by atoms with Crippen molar-refractivity contribution in [1.82, 2.24) is 4.57 Å². The molecule has 9 aromatic carbocycles. The van der Waals surface area contributed by atoms with Gasteiger partial charge in [-0.2, -0.15) is 0 Å². The molecule has 2 heteroatoms. The van der Waals surface area contributed by atoms with Crippen LogP contribution in [0, 0.1) is 0 Å². The van der Waals surface area contributed by atoms with Crippen LogP contribution in [0.3, 0.4) is 0 Å². The monoisotopic (exact) mass is 671 g/mol. The van der Waals surface area contributed by atoms with E-state index in [4.69, 9.17) is 4.42 Å². The van der Waals surface area contributed by atoms with E-state index >= 15 is 0 Å². The van der Waals surface area contributed by atoms with Gasteiger partial charge in [-0.1, -0.05) is 152 Å². The molecule has 0 saturated heterocycles. The van der Waals surface area contributed by atoms with Gasteiger partial charge in [-0.05, 0) is 79.5 Å². The molecule has 13 rings (SSSR count). The smallest absolute Gasteiger partial charge is 0.143 e. The summed E-state index contributed by atoms with van der Waals surface area (Å²) in [7, 11) is 0. The fraction of sp³-hybridized carbons (Fsp3) is 0.0196. The van der Waals surface area contributed by atoms with Gasteiger partial charge < -0.3 is 8.98 Å². The number of fused-ring (bicyclic) bond motifs is 22. The van der Waals surface area contributed by atoms with Crippen molar-refractivity contribution in [3.8, 4) is 27.9 Å². The predicted molar refractivity (Wildman–Crippen MR) is 219 cm³/mol. The van der Waals surface area contributed by atoms with Crippen LogP contribution in [0.5, 0.6) is 0 Å². The molecule has 0 radical (unpaired) electrons. The summed E-state index contributed by atoms with van der Waals surface area (Å²) in [6.45, 7) is 0. The molecule has 1 spiro atoms. The van der Waals surface area contributed by atoms with Crippen LogP contribution in [0.1, 0.15) is 22.3 Å². The van der Waals surface area contributed by atoms with Crippen LogP contribution in [-0.4, -0.2) is 4.57 Å². The third-order valence-electron chi connectivity index (χ3n) is 12.4. The molecule has 0 bridgehead atoms. The minimum absolute atomic E-state index is 0.412. The highest BCUT2D eigenvalue weighted by Gasteiger charge is 2.51. The van der Waals surface area contributed by atoms with Gasteiger partial charge in [0.25, 0.3) is 0 Å². The van der Waals surface area contributed by atoms with E-state index in [9.17, 15) is 0 Å². The molecule has 0 amide bonds. The average Bonchev–Trinajstić information content (AvgIpc) is 3.95. The Balaban J connectivity index is 1.21. The molecule has 0 saturated carbocycles. The van der Waals surface area contributed by atoms with E-state index in [0.29, 0.717) is 0 Å². The van der Waals surface area contributed by atoms with E-state index < -0.39 is 5.41 Å². The first-order chi connectivity index (χ1) is 26.3. The lowest BCUT2D eigenvalue weighted by atomic mass is 9.70. The van der Waals surface area contributed by atoms with E-state index in [0.717, 1.165) is 27.6 Å². The Hall–Kier alpha value is -6.90. The molecule has 0 atom stereocenters. The van der Waals surface area contributed by atoms with Crippen LogP contribution in [0.15, 0.2) is 180 Å². The molecular weight excluding hydrogens is 643 g/mol. The van der Waals surface area contributed by atoms with Crippen LogP contribution >= 0.6 is 0 Å². The van der Waals surface area contributed by atoms with Crippen molar-refractivity contribution >= 4 is 65.3 Å². The Morgan fingerprint density at radius 3 is 1.64 bits per heavy atom. The number of nitrogens with zero attached hydrogens (tertiary/aromatic N) is 1. The van der Waals surface area contributed by atoms with Gasteiger partial charge in [0.05, 0.1) is 16.4 Å². The first kappa shape index (κ1) is 27.8. The molecule has 0 unspecified atom stereocenters. The highest BCUT2D eigenvalue weighted by atomic mass is 16.3. The van der Waals surface area contributed by atoms with Crippen molar-refractivity contribution in [2.75, 3.05) is 0 Å². The topological polar surface area (TPSA) is 18.1 Å². The van der Waals surface area contributed by atoms with Crippen LogP contribution in [0.4, 0.5) is 0 Å². The molecule has 0 fully saturated rings. The Morgan fingerprint density at radius 1 is 0.377 bits per heavy atom. The first-order valence-electron chi connectivity index (χ1n) is 18.4. The third-order valence-corrected chi connectivity index (χ3v) is 12.4. The Labute approximate surface area is 304 Å². The van der Waals surface area contributed by atoms with Gasteiger partial charge in [0.15, 0.2) is 0 Å². The van der Waals surface area contributed by atoms with Gasteiger partial charge in [0.2, 0.25) is 0 Å². The molecule has 53 heavy (non-hydrogen) atoms. The summed E-state index contributed by atoms with van der Waals surface area (Å²) in [5.41, 5.74) is 15.7. The van der Waals surface area contributed by atoms with Gasteiger partial charge >= 0.3 is 0 Å². The van der Waals surface area contributed by atoms with E-state index in [-0.39, 0.29) is 0 Å². The van der Waals surface area contributed by atoms with Crippen molar-refractivity contribution in [3.05, 3.63) is 198 Å². The molecule has 2 nitrogen and oxygen atoms in total. The van der Waals surface area contributed by atoms with Crippen LogP contribution in [0.25, 0.3) is 93.2 Å². The van der Waals surface area contributed by atoms with Crippen LogP contribution in [0.2, 0.25) is 0 Å². The summed E-state index contributed by atoms with van der Waals surface area (Å²) in [4.78, 5) is 0. The first-order valence-corrected chi connectivity index (χ1v) is 18.4. The van der Waals surface area contributed by atoms with Crippen LogP contribution < -0.4 is 0 Å². The van der Waals surface area contributed by atoms with E-state index in [1.54, 1.807) is 0 Å². The van der Waals surface area contributed by atoms with E-state index in [1.807, 2.05) is 0 Å². The molecule has 2 aromatic heterocycles. The highest BCUT2D eigenvalue weighted by molar-refractivity contribution is 6.36. The highest BCUT2D eigenvalue weighted by Crippen LogP contribution is 2.63. The van der Waals surface area contributed by atoms with Crippen molar-refractivity contribution < 1.29 is 4.42 Å². The van der Waals surface area contributed by atoms with Gasteiger partial charge in [-0.25, -0.2) is 0 Å². The molecule has 2 aliphatic carbocycles. The molecule has 2 heterocycles. The second-order valence-corrected chi connectivity index (χ2v) is 14.7. The van der Waals surface area contributed by atoms with Gasteiger partial charge in [0.1, 0.15) is 11.2 Å². The van der Waals surface area contributed by atoms with Crippen molar-refractivity contribution in [3.63, 3.8) is 0 Å². The zero-order chi connectivity index (χ0) is 34.4. The number of benzene rings is 9. The lowest BCUT2D eigenvalue weighted by Gasteiger charge is -2.30. The van der Waals surface area contributed by atoms with Gasteiger partial charge in [0, 0.05) is 38.0 Å². The van der Waals surface area contributed by atoms with Gasteiger partial charge in [-0.15, -0.1) is 0 Å². The molecule has 244 valence electrons. The Kier molecular flexibility index (Phi) is 5.08. The molecular formula is C51H29NO. The Bertz CT molecular complexity index is 3350. The number of hydrogen-bond donors (Lipinski definition) is 0. The minimum Gasteiger partial charge on any atom is -0.455 e. The van der Waals surface area contributed by atoms with E-state index in [2.05, 4.69) is 180 Å². The van der Waals surface area contributed by atoms with E-state index in [1.165, 1.54) is 87.9 Å². The quantitative estimate of drug-likeness (QED) is 0.159. The minimum atomic E-state index is -0.412. The summed E-state index contributed by atoms with van der Waals surface area (Å²) in [5, 5.41) is 9.63. The fourth-order valence-corrected chi connectivity index (χ4v) is 10.4. The standard InChI is InChI=1S/C51H29NO/c1-2-18-38-36(17-1)47-40(48-39-19-7-12-24-46(39)53-50(38)48)28-27-37-35-16-6-11-23-45(35)52(49(37)47)30-25-26-34-33-15-5-10-22-43(33)51(44(34)29-30)41-20-8-3-13-31(41)32-14-4-9-21-42(32)51/h1-29H. The second-order valence-electron chi connectivity index (χ2n) is 14.7. The van der Waals surface area contributed by atoms with Crippen molar-refractivity contribution in [1.29, 1.82) is 0 Å². The molecule has 0 aliphatic heterocycles. The maximum absolute atomic E-state index is 6.64. The summed E-state index contributed by atoms with van der Waals surface area (Å²) in [5.74, 6) is 0. The number of hydrogen-bond acceptors (Lipinski definition) is 1. The zero-order valence-corrected chi connectivity index (χ0v) is 28.6. The van der Waals surface area contributed by atoms with Crippen molar-refractivity contribution in [2.24, 2.45) is 0 Å². The van der Waals surface area contributed by atoms with Crippen molar-refractivity contribution in [2.45, 2.75) is 5.41 Å². The maximum Gasteiger partial charge on any atom is 0.143 e. The summed E-state index contributed by atoms with van der Waals surface area (Å²) < 4.78 is 9.18. The second kappa shape index (κ2) is 9.70. The maximum atomic E-state index is 6.64. The van der Waals surface area contributed by atoms with Gasteiger partial charge in [-0.3, -0.25) is 0 Å². The summed E-state index contributed by atoms with van der Waals surface area (Å²) >= 11 is 0. The lowest BCUT2D eigenvalue weighted by Crippen LogP contribution is -2.26. The lowest BCUT2D eigenvalue weighted by molar-refractivity contribution is 0.673. The molecule has 11 aromatic rings. The average molecular weight is 672 g/mol. The fourth-order valence-electron chi connectivity index (χ4n) is 10.4. The van der Waals surface area contributed by atoms with Crippen LogP contribution in [-0.2, 0) is 5.41 Å². The molecule has 2 aliphatic rings. The predicted octanol–water partition coefficient (Wildman–Crippen LogP) is 13.3. The number of rotatable bonds is 1. The number of aromatic nitrogens is 1.